The Labute approximate surface area is 132 Å². The lowest BCUT2D eigenvalue weighted by molar-refractivity contribution is 0.452. The molecule has 2 nitrogen and oxygen atoms in total. The molecule has 108 valence electrons. The van der Waals surface area contributed by atoms with Gasteiger partial charge in [-0.3, -0.25) is 0 Å². The van der Waals surface area contributed by atoms with Crippen LogP contribution < -0.4 is 0 Å². The van der Waals surface area contributed by atoms with Crippen molar-refractivity contribution in [3.63, 3.8) is 0 Å². The summed E-state index contributed by atoms with van der Waals surface area (Å²) < 4.78 is 0. The number of hydrogen-bond donors (Lipinski definition) is 0. The van der Waals surface area contributed by atoms with Crippen molar-refractivity contribution in [2.24, 2.45) is 17.3 Å². The first-order chi connectivity index (χ1) is 10.8. The molecule has 22 heavy (non-hydrogen) atoms. The molecule has 1 saturated carbocycles. The maximum atomic E-state index is 9.64. The maximum absolute atomic E-state index is 9.64. The standard InChI is InChI=1S/C20H18N2/c21-14-20(15-22,10-4-7-16-5-2-1-3-6-16)19-12-17-8-9-18(11-17)13-19/h1-3,5-6,12,17-18H,8-11,13H2. The summed E-state index contributed by atoms with van der Waals surface area (Å²) in [5.41, 5.74) is 0.867. The Morgan fingerprint density at radius 3 is 2.55 bits per heavy atom. The Morgan fingerprint density at radius 1 is 1.09 bits per heavy atom. The van der Waals surface area contributed by atoms with Crippen LogP contribution in [0.3, 0.4) is 0 Å². The van der Waals surface area contributed by atoms with Crippen molar-refractivity contribution < 1.29 is 0 Å². The van der Waals surface area contributed by atoms with Gasteiger partial charge in [0.05, 0.1) is 12.1 Å². The van der Waals surface area contributed by atoms with Gasteiger partial charge in [0.2, 0.25) is 0 Å². The summed E-state index contributed by atoms with van der Waals surface area (Å²) in [7, 11) is 0. The smallest absolute Gasteiger partial charge is 0.175 e. The van der Waals surface area contributed by atoms with Gasteiger partial charge in [-0.05, 0) is 55.2 Å². The fraction of sp³-hybridized carbons (Fsp3) is 0.400. The summed E-state index contributed by atoms with van der Waals surface area (Å²) in [6, 6.07) is 14.2. The average molecular weight is 286 g/mol. The zero-order valence-corrected chi connectivity index (χ0v) is 12.5. The van der Waals surface area contributed by atoms with E-state index < -0.39 is 5.41 Å². The SMILES string of the molecule is N#CC(C#N)(CC#Cc1ccccc1)C1=CC2CCC(C1)C2. The van der Waals surface area contributed by atoms with Crippen molar-refractivity contribution in [1.29, 1.82) is 10.5 Å². The number of nitriles is 2. The van der Waals surface area contributed by atoms with Crippen LogP contribution >= 0.6 is 0 Å². The van der Waals surface area contributed by atoms with Crippen molar-refractivity contribution in [3.05, 3.63) is 47.5 Å². The minimum atomic E-state index is -1.07. The van der Waals surface area contributed by atoms with E-state index in [2.05, 4.69) is 30.1 Å². The Hall–Kier alpha value is -2.50. The second kappa shape index (κ2) is 6.09. The van der Waals surface area contributed by atoms with E-state index in [0.29, 0.717) is 18.3 Å². The third-order valence-corrected chi connectivity index (χ3v) is 4.82. The summed E-state index contributed by atoms with van der Waals surface area (Å²) in [6.07, 6.45) is 7.04. The Morgan fingerprint density at radius 2 is 1.86 bits per heavy atom. The van der Waals surface area contributed by atoms with Crippen molar-refractivity contribution in [1.82, 2.24) is 0 Å². The second-order valence-corrected chi connectivity index (χ2v) is 6.31. The minimum Gasteiger partial charge on any atom is -0.196 e. The van der Waals surface area contributed by atoms with E-state index in [1.165, 1.54) is 19.3 Å². The van der Waals surface area contributed by atoms with Crippen molar-refractivity contribution >= 4 is 0 Å². The molecule has 0 heterocycles. The van der Waals surface area contributed by atoms with E-state index >= 15 is 0 Å². The average Bonchev–Trinajstić information content (AvgIpc) is 2.91. The molecule has 0 saturated heterocycles. The second-order valence-electron chi connectivity index (χ2n) is 6.31. The van der Waals surface area contributed by atoms with Gasteiger partial charge in [-0.25, -0.2) is 0 Å². The predicted octanol–water partition coefficient (Wildman–Crippen LogP) is 4.21. The van der Waals surface area contributed by atoms with E-state index in [1.807, 2.05) is 30.3 Å². The number of nitrogens with zero attached hydrogens (tertiary/aromatic N) is 2. The van der Waals surface area contributed by atoms with Crippen LogP contribution in [0.25, 0.3) is 0 Å². The molecule has 1 aromatic carbocycles. The molecule has 2 aliphatic carbocycles. The van der Waals surface area contributed by atoms with Gasteiger partial charge in [0, 0.05) is 12.0 Å². The lowest BCUT2D eigenvalue weighted by Gasteiger charge is -2.26. The molecule has 0 aliphatic heterocycles. The predicted molar refractivity (Wildman–Crippen MR) is 85.1 cm³/mol. The molecule has 0 amide bonds. The molecule has 0 aromatic heterocycles. The number of benzene rings is 1. The lowest BCUT2D eigenvalue weighted by Crippen LogP contribution is -2.23. The normalized spacial score (nSPS) is 22.7. The molecule has 2 unspecified atom stereocenters. The molecule has 1 aromatic rings. The fourth-order valence-corrected chi connectivity index (χ4v) is 3.59. The highest BCUT2D eigenvalue weighted by Gasteiger charge is 2.40. The Kier molecular flexibility index (Phi) is 4.00. The highest BCUT2D eigenvalue weighted by Crippen LogP contribution is 2.46. The maximum Gasteiger partial charge on any atom is 0.175 e. The molecule has 1 fully saturated rings. The summed E-state index contributed by atoms with van der Waals surface area (Å²) >= 11 is 0. The largest absolute Gasteiger partial charge is 0.196 e. The van der Waals surface area contributed by atoms with Crippen molar-refractivity contribution in [2.45, 2.75) is 32.1 Å². The molecular formula is C20H18N2. The first-order valence-corrected chi connectivity index (χ1v) is 7.83. The quantitative estimate of drug-likeness (QED) is 0.604. The highest BCUT2D eigenvalue weighted by molar-refractivity contribution is 5.40. The van der Waals surface area contributed by atoms with Gasteiger partial charge in [-0.2, -0.15) is 10.5 Å². The van der Waals surface area contributed by atoms with E-state index in [4.69, 9.17) is 0 Å². The van der Waals surface area contributed by atoms with Crippen molar-refractivity contribution in [3.8, 4) is 24.0 Å². The van der Waals surface area contributed by atoms with E-state index in [-0.39, 0.29) is 0 Å². The summed E-state index contributed by atoms with van der Waals surface area (Å²) in [4.78, 5) is 0. The van der Waals surface area contributed by atoms with Gasteiger partial charge in [0.25, 0.3) is 0 Å². The topological polar surface area (TPSA) is 47.6 Å². The van der Waals surface area contributed by atoms with E-state index in [1.54, 1.807) is 0 Å². The van der Waals surface area contributed by atoms with Crippen LogP contribution in [0.1, 0.15) is 37.7 Å². The number of allylic oxidation sites excluding steroid dienone is 2. The molecule has 0 spiro atoms. The zero-order chi connectivity index (χ0) is 15.4. The van der Waals surface area contributed by atoms with E-state index in [0.717, 1.165) is 17.6 Å². The fourth-order valence-electron chi connectivity index (χ4n) is 3.59. The zero-order valence-electron chi connectivity index (χ0n) is 12.5. The highest BCUT2D eigenvalue weighted by atomic mass is 14.5. The summed E-state index contributed by atoms with van der Waals surface area (Å²) in [6.45, 7) is 0. The summed E-state index contributed by atoms with van der Waals surface area (Å²) in [5.74, 6) is 7.35. The van der Waals surface area contributed by atoms with Crippen LogP contribution in [0.2, 0.25) is 0 Å². The number of rotatable bonds is 2. The van der Waals surface area contributed by atoms with Gasteiger partial charge >= 0.3 is 0 Å². The van der Waals surface area contributed by atoms with Gasteiger partial charge in [0.1, 0.15) is 0 Å². The lowest BCUT2D eigenvalue weighted by atomic mass is 9.73. The third-order valence-electron chi connectivity index (χ3n) is 4.82. The Bertz CT molecular complexity index is 705. The van der Waals surface area contributed by atoms with Crippen LogP contribution in [0.5, 0.6) is 0 Å². The van der Waals surface area contributed by atoms with Crippen LogP contribution in [0.4, 0.5) is 0 Å². The molecular weight excluding hydrogens is 268 g/mol. The first-order valence-electron chi connectivity index (χ1n) is 7.83. The van der Waals surface area contributed by atoms with Crippen LogP contribution in [-0.4, -0.2) is 0 Å². The molecule has 3 rings (SSSR count). The molecule has 2 aliphatic rings. The number of hydrogen-bond acceptors (Lipinski definition) is 2. The Balaban J connectivity index is 1.83. The molecule has 2 bridgehead atoms. The molecule has 0 N–H and O–H groups in total. The molecule has 2 heteroatoms. The van der Waals surface area contributed by atoms with Gasteiger partial charge < -0.3 is 0 Å². The van der Waals surface area contributed by atoms with Crippen molar-refractivity contribution in [2.75, 3.05) is 0 Å². The molecule has 0 radical (unpaired) electrons. The van der Waals surface area contributed by atoms with Crippen LogP contribution in [0.15, 0.2) is 42.0 Å². The van der Waals surface area contributed by atoms with Crippen LogP contribution in [-0.2, 0) is 0 Å². The third kappa shape index (κ3) is 2.77. The van der Waals surface area contributed by atoms with Gasteiger partial charge in [0.15, 0.2) is 5.41 Å². The van der Waals surface area contributed by atoms with Gasteiger partial charge in [-0.1, -0.05) is 36.1 Å². The van der Waals surface area contributed by atoms with Gasteiger partial charge in [-0.15, -0.1) is 0 Å². The first kappa shape index (κ1) is 14.4. The summed E-state index contributed by atoms with van der Waals surface area (Å²) in [5, 5.41) is 19.3. The molecule has 2 atom stereocenters. The minimum absolute atomic E-state index is 0.292. The van der Waals surface area contributed by atoms with Crippen LogP contribution in [0, 0.1) is 51.8 Å². The van der Waals surface area contributed by atoms with E-state index in [9.17, 15) is 10.5 Å². The number of fused-ring (bicyclic) bond motifs is 2. The monoisotopic (exact) mass is 286 g/mol.